The van der Waals surface area contributed by atoms with E-state index in [9.17, 15) is 9.59 Å². The number of piperidine rings is 1. The van der Waals surface area contributed by atoms with E-state index >= 15 is 0 Å². The highest BCUT2D eigenvalue weighted by Gasteiger charge is 2.20. The third kappa shape index (κ3) is 3.24. The summed E-state index contributed by atoms with van der Waals surface area (Å²) in [6.45, 7) is 3.52. The van der Waals surface area contributed by atoms with Crippen LogP contribution in [0.5, 0.6) is 0 Å². The number of pyridine rings is 1. The molecule has 2 aromatic rings. The normalized spacial score (nSPS) is 18.2. The Morgan fingerprint density at radius 2 is 1.58 bits per heavy atom. The Labute approximate surface area is 152 Å². The van der Waals surface area contributed by atoms with Gasteiger partial charge in [-0.15, -0.1) is 0 Å². The number of ether oxygens (including phenoxy) is 1. The van der Waals surface area contributed by atoms with E-state index in [4.69, 9.17) is 4.74 Å². The molecule has 3 heterocycles. The molecule has 0 aliphatic carbocycles. The average molecular weight is 353 g/mol. The maximum atomic E-state index is 12.9. The van der Waals surface area contributed by atoms with Crippen molar-refractivity contribution < 1.29 is 9.53 Å². The molecule has 26 heavy (non-hydrogen) atoms. The van der Waals surface area contributed by atoms with Crippen molar-refractivity contribution in [3.8, 4) is 5.69 Å². The molecule has 0 bridgehead atoms. The molecule has 6 heteroatoms. The monoisotopic (exact) mass is 353 g/mol. The minimum atomic E-state index is -0.0313. The molecule has 2 saturated heterocycles. The second kappa shape index (κ2) is 7.33. The lowest BCUT2D eigenvalue weighted by molar-refractivity contribution is -0.119. The van der Waals surface area contributed by atoms with Crippen molar-refractivity contribution in [2.45, 2.75) is 19.3 Å². The SMILES string of the molecule is O=C1CCCCN1c1ccc(-n2cccc(N3CCOCC3)c2=O)cc1. The lowest BCUT2D eigenvalue weighted by atomic mass is 10.1. The summed E-state index contributed by atoms with van der Waals surface area (Å²) in [5.41, 5.74) is 2.37. The minimum Gasteiger partial charge on any atom is -0.378 e. The van der Waals surface area contributed by atoms with E-state index < -0.39 is 0 Å². The molecule has 0 saturated carbocycles. The molecule has 0 spiro atoms. The van der Waals surface area contributed by atoms with Gasteiger partial charge in [-0.05, 0) is 49.2 Å². The van der Waals surface area contributed by atoms with Crippen LogP contribution in [0, 0.1) is 0 Å². The second-order valence-electron chi connectivity index (χ2n) is 6.69. The van der Waals surface area contributed by atoms with Gasteiger partial charge < -0.3 is 14.5 Å². The van der Waals surface area contributed by atoms with Crippen LogP contribution in [0.1, 0.15) is 19.3 Å². The van der Waals surface area contributed by atoms with Crippen LogP contribution < -0.4 is 15.4 Å². The molecule has 0 radical (unpaired) electrons. The zero-order chi connectivity index (χ0) is 17.9. The first kappa shape index (κ1) is 16.8. The van der Waals surface area contributed by atoms with Crippen molar-refractivity contribution in [2.75, 3.05) is 42.6 Å². The number of morpholine rings is 1. The summed E-state index contributed by atoms with van der Waals surface area (Å²) in [5, 5.41) is 0. The first-order chi connectivity index (χ1) is 12.7. The number of hydrogen-bond donors (Lipinski definition) is 0. The molecule has 0 N–H and O–H groups in total. The highest BCUT2D eigenvalue weighted by molar-refractivity contribution is 5.94. The second-order valence-corrected chi connectivity index (χ2v) is 6.69. The fraction of sp³-hybridized carbons (Fsp3) is 0.400. The Morgan fingerprint density at radius 1 is 0.846 bits per heavy atom. The number of carbonyl (C=O) groups is 1. The molecular formula is C20H23N3O3. The first-order valence-electron chi connectivity index (χ1n) is 9.19. The first-order valence-corrected chi connectivity index (χ1v) is 9.19. The molecule has 136 valence electrons. The number of carbonyl (C=O) groups excluding carboxylic acids is 1. The van der Waals surface area contributed by atoms with Gasteiger partial charge >= 0.3 is 0 Å². The molecule has 4 rings (SSSR count). The van der Waals surface area contributed by atoms with Crippen LogP contribution in [0.3, 0.4) is 0 Å². The van der Waals surface area contributed by atoms with Gasteiger partial charge in [0, 0.05) is 43.6 Å². The van der Waals surface area contributed by atoms with Gasteiger partial charge in [-0.3, -0.25) is 14.2 Å². The number of anilines is 2. The van der Waals surface area contributed by atoms with Crippen molar-refractivity contribution in [1.29, 1.82) is 0 Å². The average Bonchev–Trinajstić information content (AvgIpc) is 2.69. The topological polar surface area (TPSA) is 54.8 Å². The Morgan fingerprint density at radius 3 is 2.31 bits per heavy atom. The van der Waals surface area contributed by atoms with Gasteiger partial charge in [-0.1, -0.05) is 0 Å². The van der Waals surface area contributed by atoms with Gasteiger partial charge in [-0.2, -0.15) is 0 Å². The Hall–Kier alpha value is -2.60. The summed E-state index contributed by atoms with van der Waals surface area (Å²) < 4.78 is 7.03. The third-order valence-corrected chi connectivity index (χ3v) is 5.04. The Kier molecular flexibility index (Phi) is 4.75. The standard InChI is InChI=1S/C20H23N3O3/c24-19-5-1-2-10-22(19)16-6-8-17(9-7-16)23-11-3-4-18(20(23)25)21-12-14-26-15-13-21/h3-4,6-9,11H,1-2,5,10,12-15H2. The number of amides is 1. The van der Waals surface area contributed by atoms with Crippen LogP contribution in [0.25, 0.3) is 5.69 Å². The Balaban J connectivity index is 1.61. The van der Waals surface area contributed by atoms with Gasteiger partial charge in [-0.25, -0.2) is 0 Å². The molecule has 1 aromatic heterocycles. The van der Waals surface area contributed by atoms with Crippen LogP contribution >= 0.6 is 0 Å². The van der Waals surface area contributed by atoms with Crippen LogP contribution in [-0.2, 0) is 9.53 Å². The molecule has 6 nitrogen and oxygen atoms in total. The summed E-state index contributed by atoms with van der Waals surface area (Å²) in [5.74, 6) is 0.176. The lowest BCUT2D eigenvalue weighted by Crippen LogP contribution is -2.40. The lowest BCUT2D eigenvalue weighted by Gasteiger charge is -2.28. The molecule has 0 unspecified atom stereocenters. The van der Waals surface area contributed by atoms with Gasteiger partial charge in [0.2, 0.25) is 5.91 Å². The summed E-state index contributed by atoms with van der Waals surface area (Å²) in [6, 6.07) is 11.4. The molecule has 1 aromatic carbocycles. The van der Waals surface area contributed by atoms with Gasteiger partial charge in [0.25, 0.3) is 5.56 Å². The van der Waals surface area contributed by atoms with Crippen molar-refractivity contribution in [3.05, 3.63) is 52.9 Å². The quantitative estimate of drug-likeness (QED) is 0.849. The van der Waals surface area contributed by atoms with Crippen molar-refractivity contribution in [2.24, 2.45) is 0 Å². The predicted octanol–water partition coefficient (Wildman–Crippen LogP) is 2.19. The zero-order valence-corrected chi connectivity index (χ0v) is 14.8. The maximum Gasteiger partial charge on any atom is 0.278 e. The smallest absolute Gasteiger partial charge is 0.278 e. The number of aromatic nitrogens is 1. The summed E-state index contributed by atoms with van der Waals surface area (Å²) >= 11 is 0. The molecule has 0 atom stereocenters. The van der Waals surface area contributed by atoms with E-state index in [1.807, 2.05) is 41.3 Å². The van der Waals surface area contributed by atoms with E-state index in [-0.39, 0.29) is 11.5 Å². The van der Waals surface area contributed by atoms with Crippen molar-refractivity contribution in [3.63, 3.8) is 0 Å². The maximum absolute atomic E-state index is 12.9. The van der Waals surface area contributed by atoms with Crippen LogP contribution in [0.2, 0.25) is 0 Å². The minimum absolute atomic E-state index is 0.0313. The molecular weight excluding hydrogens is 330 g/mol. The molecule has 2 aliphatic heterocycles. The number of nitrogens with zero attached hydrogens (tertiary/aromatic N) is 3. The van der Waals surface area contributed by atoms with Gasteiger partial charge in [0.05, 0.1) is 13.2 Å². The Bertz CT molecular complexity index is 838. The highest BCUT2D eigenvalue weighted by Crippen LogP contribution is 2.22. The third-order valence-electron chi connectivity index (χ3n) is 5.04. The molecule has 2 fully saturated rings. The summed E-state index contributed by atoms with van der Waals surface area (Å²) in [7, 11) is 0. The van der Waals surface area contributed by atoms with E-state index in [0.717, 1.165) is 43.9 Å². The van der Waals surface area contributed by atoms with E-state index in [1.165, 1.54) is 0 Å². The van der Waals surface area contributed by atoms with E-state index in [2.05, 4.69) is 4.90 Å². The fourth-order valence-corrected chi connectivity index (χ4v) is 3.60. The van der Waals surface area contributed by atoms with E-state index in [1.54, 1.807) is 10.8 Å². The van der Waals surface area contributed by atoms with Crippen LogP contribution in [0.15, 0.2) is 47.4 Å². The van der Waals surface area contributed by atoms with Gasteiger partial charge in [0.15, 0.2) is 0 Å². The zero-order valence-electron chi connectivity index (χ0n) is 14.8. The predicted molar refractivity (Wildman–Crippen MR) is 101 cm³/mol. The number of benzene rings is 1. The van der Waals surface area contributed by atoms with Crippen LogP contribution in [0.4, 0.5) is 11.4 Å². The summed E-state index contributed by atoms with van der Waals surface area (Å²) in [4.78, 5) is 28.9. The largest absolute Gasteiger partial charge is 0.378 e. The van der Waals surface area contributed by atoms with Gasteiger partial charge in [0.1, 0.15) is 5.69 Å². The molecule has 1 amide bonds. The van der Waals surface area contributed by atoms with E-state index in [0.29, 0.717) is 25.3 Å². The highest BCUT2D eigenvalue weighted by atomic mass is 16.5. The number of rotatable bonds is 3. The van der Waals surface area contributed by atoms with Crippen molar-refractivity contribution >= 4 is 17.3 Å². The van der Waals surface area contributed by atoms with Crippen LogP contribution in [-0.4, -0.2) is 43.3 Å². The summed E-state index contributed by atoms with van der Waals surface area (Å²) in [6.07, 6.45) is 4.40. The fourth-order valence-electron chi connectivity index (χ4n) is 3.60. The molecule has 2 aliphatic rings. The van der Waals surface area contributed by atoms with Crippen molar-refractivity contribution in [1.82, 2.24) is 4.57 Å². The number of hydrogen-bond acceptors (Lipinski definition) is 4.